The molecule has 6 nitrogen and oxygen atoms in total. The molecule has 1 rings (SSSR count). The normalized spacial score (nSPS) is 11.0. The van der Waals surface area contributed by atoms with Crippen LogP contribution in [-0.2, 0) is 4.79 Å². The van der Waals surface area contributed by atoms with E-state index in [0.29, 0.717) is 11.4 Å². The summed E-state index contributed by atoms with van der Waals surface area (Å²) in [6.45, 7) is 6.04. The van der Waals surface area contributed by atoms with Gasteiger partial charge < -0.3 is 10.1 Å². The number of carbonyl (C=O) groups is 1. The van der Waals surface area contributed by atoms with Crippen LogP contribution in [0.2, 0.25) is 0 Å². The van der Waals surface area contributed by atoms with E-state index in [1.807, 2.05) is 20.8 Å². The van der Waals surface area contributed by atoms with Crippen LogP contribution in [0.3, 0.4) is 0 Å². The number of nitro groups is 1. The molecule has 1 N–H and O–H groups in total. The maximum absolute atomic E-state index is 11.9. The molecule has 0 atom stereocenters. The Kier molecular flexibility index (Phi) is 5.38. The average molecular weight is 298 g/mol. The molecule has 20 heavy (non-hydrogen) atoms. The number of nitrogens with one attached hydrogen (secondary N) is 1. The number of hydrogen-bond acceptors (Lipinski definition) is 5. The Hall–Kier alpha value is -1.76. The summed E-state index contributed by atoms with van der Waals surface area (Å²) in [5, 5.41) is 13.4. The fourth-order valence-corrected chi connectivity index (χ4v) is 2.01. The molecule has 0 radical (unpaired) electrons. The molecule has 0 saturated heterocycles. The average Bonchev–Trinajstić information content (AvgIpc) is 2.35. The van der Waals surface area contributed by atoms with Crippen molar-refractivity contribution in [2.45, 2.75) is 25.5 Å². The SMILES string of the molecule is COc1ccc([N+](=O)[O-])cc1NC(=O)CSC(C)(C)C. The molecule has 0 aliphatic heterocycles. The number of ether oxygens (including phenoxy) is 1. The number of rotatable bonds is 5. The second kappa shape index (κ2) is 6.60. The third-order valence-electron chi connectivity index (χ3n) is 2.30. The molecular weight excluding hydrogens is 280 g/mol. The van der Waals surface area contributed by atoms with E-state index in [1.165, 1.54) is 37.1 Å². The molecule has 0 heterocycles. The number of hydrogen-bond donors (Lipinski definition) is 1. The summed E-state index contributed by atoms with van der Waals surface area (Å²) >= 11 is 1.50. The molecule has 0 unspecified atom stereocenters. The molecule has 1 amide bonds. The summed E-state index contributed by atoms with van der Waals surface area (Å²) < 4.78 is 5.06. The molecular formula is C13H18N2O4S. The van der Waals surface area contributed by atoms with Crippen LogP contribution in [0, 0.1) is 10.1 Å². The first-order valence-corrected chi connectivity index (χ1v) is 6.98. The van der Waals surface area contributed by atoms with Gasteiger partial charge in [-0.15, -0.1) is 11.8 Å². The van der Waals surface area contributed by atoms with Crippen LogP contribution in [0.25, 0.3) is 0 Å². The second-order valence-electron chi connectivity index (χ2n) is 5.09. The monoisotopic (exact) mass is 298 g/mol. The number of non-ortho nitro benzene ring substituents is 1. The Bertz CT molecular complexity index is 512. The van der Waals surface area contributed by atoms with E-state index in [4.69, 9.17) is 4.74 Å². The molecule has 0 aliphatic carbocycles. The van der Waals surface area contributed by atoms with Gasteiger partial charge in [0, 0.05) is 16.9 Å². The fraction of sp³-hybridized carbons (Fsp3) is 0.462. The maximum atomic E-state index is 11.9. The van der Waals surface area contributed by atoms with Gasteiger partial charge in [-0.3, -0.25) is 14.9 Å². The van der Waals surface area contributed by atoms with Crippen molar-refractivity contribution in [2.24, 2.45) is 0 Å². The lowest BCUT2D eigenvalue weighted by molar-refractivity contribution is -0.384. The van der Waals surface area contributed by atoms with Gasteiger partial charge in [0.25, 0.3) is 5.69 Å². The van der Waals surface area contributed by atoms with E-state index in [1.54, 1.807) is 0 Å². The number of amides is 1. The Morgan fingerprint density at radius 3 is 2.60 bits per heavy atom. The first-order chi connectivity index (χ1) is 9.23. The van der Waals surface area contributed by atoms with Crippen molar-refractivity contribution in [3.8, 4) is 5.75 Å². The molecule has 1 aromatic rings. The third kappa shape index (κ3) is 5.08. The molecule has 7 heteroatoms. The molecule has 0 spiro atoms. The number of benzene rings is 1. The first kappa shape index (κ1) is 16.3. The minimum atomic E-state index is -0.515. The van der Waals surface area contributed by atoms with Gasteiger partial charge in [-0.1, -0.05) is 20.8 Å². The lowest BCUT2D eigenvalue weighted by Gasteiger charge is -2.17. The molecule has 0 saturated carbocycles. The molecule has 110 valence electrons. The van der Waals surface area contributed by atoms with Gasteiger partial charge in [0.05, 0.1) is 23.5 Å². The van der Waals surface area contributed by atoms with Crippen LogP contribution in [0.5, 0.6) is 5.75 Å². The van der Waals surface area contributed by atoms with Gasteiger partial charge in [-0.25, -0.2) is 0 Å². The van der Waals surface area contributed by atoms with Gasteiger partial charge in [0.1, 0.15) is 5.75 Å². The van der Waals surface area contributed by atoms with Crippen LogP contribution in [-0.4, -0.2) is 28.4 Å². The van der Waals surface area contributed by atoms with Crippen LogP contribution in [0.15, 0.2) is 18.2 Å². The van der Waals surface area contributed by atoms with Crippen LogP contribution in [0.4, 0.5) is 11.4 Å². The van der Waals surface area contributed by atoms with Gasteiger partial charge in [0.2, 0.25) is 5.91 Å². The highest BCUT2D eigenvalue weighted by Gasteiger charge is 2.16. The Morgan fingerprint density at radius 1 is 1.45 bits per heavy atom. The van der Waals surface area contributed by atoms with E-state index >= 15 is 0 Å². The molecule has 0 bridgehead atoms. The Morgan fingerprint density at radius 2 is 2.10 bits per heavy atom. The van der Waals surface area contributed by atoms with Crippen molar-refractivity contribution in [2.75, 3.05) is 18.2 Å². The van der Waals surface area contributed by atoms with Crippen molar-refractivity contribution >= 4 is 29.0 Å². The predicted molar refractivity (Wildman–Crippen MR) is 80.5 cm³/mol. The smallest absolute Gasteiger partial charge is 0.271 e. The highest BCUT2D eigenvalue weighted by molar-refractivity contribution is 8.01. The number of nitrogens with zero attached hydrogens (tertiary/aromatic N) is 1. The molecule has 0 aliphatic rings. The fourth-order valence-electron chi connectivity index (χ4n) is 1.38. The van der Waals surface area contributed by atoms with Crippen molar-refractivity contribution in [1.82, 2.24) is 0 Å². The first-order valence-electron chi connectivity index (χ1n) is 5.99. The molecule has 1 aromatic carbocycles. The van der Waals surface area contributed by atoms with E-state index in [-0.39, 0.29) is 22.1 Å². The number of methoxy groups -OCH3 is 1. The quantitative estimate of drug-likeness (QED) is 0.667. The van der Waals surface area contributed by atoms with Gasteiger partial charge in [0.15, 0.2) is 0 Å². The minimum Gasteiger partial charge on any atom is -0.495 e. The Balaban J connectivity index is 2.82. The van der Waals surface area contributed by atoms with Gasteiger partial charge in [-0.2, -0.15) is 0 Å². The lowest BCUT2D eigenvalue weighted by atomic mass is 10.2. The second-order valence-corrected chi connectivity index (χ2v) is 6.89. The van der Waals surface area contributed by atoms with Crippen LogP contribution in [0.1, 0.15) is 20.8 Å². The number of thioether (sulfide) groups is 1. The van der Waals surface area contributed by atoms with E-state index in [2.05, 4.69) is 5.32 Å². The highest BCUT2D eigenvalue weighted by atomic mass is 32.2. The van der Waals surface area contributed by atoms with Crippen molar-refractivity contribution < 1.29 is 14.5 Å². The maximum Gasteiger partial charge on any atom is 0.271 e. The molecule has 0 fully saturated rings. The van der Waals surface area contributed by atoms with E-state index in [0.717, 1.165) is 0 Å². The summed E-state index contributed by atoms with van der Waals surface area (Å²) in [4.78, 5) is 22.1. The zero-order valence-corrected chi connectivity index (χ0v) is 12.7. The van der Waals surface area contributed by atoms with Gasteiger partial charge >= 0.3 is 0 Å². The Labute approximate surface area is 122 Å². The summed E-state index contributed by atoms with van der Waals surface area (Å²) in [6.07, 6.45) is 0. The van der Waals surface area contributed by atoms with Crippen LogP contribution >= 0.6 is 11.8 Å². The minimum absolute atomic E-state index is 0.0237. The topological polar surface area (TPSA) is 81.5 Å². The van der Waals surface area contributed by atoms with Crippen molar-refractivity contribution in [3.63, 3.8) is 0 Å². The molecule has 0 aromatic heterocycles. The summed E-state index contributed by atoms with van der Waals surface area (Å²) in [7, 11) is 1.45. The zero-order chi connectivity index (χ0) is 15.3. The number of anilines is 1. The number of carbonyl (C=O) groups excluding carboxylic acids is 1. The number of nitro benzene ring substituents is 1. The van der Waals surface area contributed by atoms with Crippen LogP contribution < -0.4 is 10.1 Å². The van der Waals surface area contributed by atoms with Crippen molar-refractivity contribution in [3.05, 3.63) is 28.3 Å². The summed E-state index contributed by atoms with van der Waals surface area (Å²) in [5.74, 6) is 0.448. The summed E-state index contributed by atoms with van der Waals surface area (Å²) in [5.41, 5.74) is 0.214. The van der Waals surface area contributed by atoms with Crippen molar-refractivity contribution in [1.29, 1.82) is 0 Å². The van der Waals surface area contributed by atoms with E-state index in [9.17, 15) is 14.9 Å². The largest absolute Gasteiger partial charge is 0.495 e. The van der Waals surface area contributed by atoms with Gasteiger partial charge in [-0.05, 0) is 6.07 Å². The lowest BCUT2D eigenvalue weighted by Crippen LogP contribution is -2.19. The zero-order valence-electron chi connectivity index (χ0n) is 11.9. The van der Waals surface area contributed by atoms with E-state index < -0.39 is 4.92 Å². The standard InChI is InChI=1S/C13H18N2O4S/c1-13(2,3)20-8-12(16)14-10-7-9(15(17)18)5-6-11(10)19-4/h5-7H,8H2,1-4H3,(H,14,16). The summed E-state index contributed by atoms with van der Waals surface area (Å²) in [6, 6.07) is 4.08. The highest BCUT2D eigenvalue weighted by Crippen LogP contribution is 2.29. The third-order valence-corrected chi connectivity index (χ3v) is 3.58. The predicted octanol–water partition coefficient (Wildman–Crippen LogP) is 3.07.